The van der Waals surface area contributed by atoms with Crippen LogP contribution in [0.2, 0.25) is 0 Å². The van der Waals surface area contributed by atoms with Crippen LogP contribution in [0, 0.1) is 0 Å². The van der Waals surface area contributed by atoms with E-state index in [1.54, 1.807) is 0 Å². The lowest BCUT2D eigenvalue weighted by Crippen LogP contribution is -2.52. The van der Waals surface area contributed by atoms with Crippen molar-refractivity contribution in [2.45, 2.75) is 19.8 Å². The van der Waals surface area contributed by atoms with Gasteiger partial charge in [-0.05, 0) is 18.6 Å². The molecule has 0 radical (unpaired) electrons. The minimum atomic E-state index is -0.308. The largest absolute Gasteiger partial charge is 0.302 e. The van der Waals surface area contributed by atoms with Gasteiger partial charge in [-0.15, -0.1) is 0 Å². The molecule has 0 aromatic rings. The van der Waals surface area contributed by atoms with Crippen molar-refractivity contribution in [2.24, 2.45) is 0 Å². The fraction of sp³-hybridized carbons (Fsp3) is 0.571. The predicted octanol–water partition coefficient (Wildman–Crippen LogP) is 0.0298. The van der Waals surface area contributed by atoms with Crippen LogP contribution in [0.5, 0.6) is 0 Å². The van der Waals surface area contributed by atoms with Gasteiger partial charge >= 0.3 is 0 Å². The smallest absolute Gasteiger partial charge is 0.238 e. The highest BCUT2D eigenvalue weighted by molar-refractivity contribution is 7.80. The van der Waals surface area contributed by atoms with E-state index < -0.39 is 0 Å². The van der Waals surface area contributed by atoms with E-state index in [0.29, 0.717) is 6.54 Å². The number of amides is 2. The highest BCUT2D eigenvalue weighted by Crippen LogP contribution is 2.03. The van der Waals surface area contributed by atoms with Crippen molar-refractivity contribution in [2.75, 3.05) is 6.54 Å². The van der Waals surface area contributed by atoms with Gasteiger partial charge in [0.25, 0.3) is 0 Å². The molecule has 1 aliphatic heterocycles. The number of nitrogens with zero attached hydrogens (tertiary/aromatic N) is 1. The van der Waals surface area contributed by atoms with Gasteiger partial charge in [0, 0.05) is 6.54 Å². The molecule has 1 heterocycles. The van der Waals surface area contributed by atoms with Crippen LogP contribution < -0.4 is 5.32 Å². The molecule has 1 saturated heterocycles. The van der Waals surface area contributed by atoms with E-state index in [-0.39, 0.29) is 23.3 Å². The van der Waals surface area contributed by atoms with E-state index in [2.05, 4.69) is 5.32 Å². The Morgan fingerprint density at radius 2 is 2.25 bits per heavy atom. The molecule has 4 nitrogen and oxygen atoms in total. The number of nitrogens with one attached hydrogen (secondary N) is 1. The van der Waals surface area contributed by atoms with Gasteiger partial charge in [0.15, 0.2) is 5.11 Å². The summed E-state index contributed by atoms with van der Waals surface area (Å²) in [6, 6.07) is 0. The van der Waals surface area contributed by atoms with Crippen LogP contribution in [-0.2, 0) is 9.59 Å². The van der Waals surface area contributed by atoms with Gasteiger partial charge in [-0.3, -0.25) is 14.5 Å². The predicted molar refractivity (Wildman–Crippen MR) is 47.4 cm³/mol. The van der Waals surface area contributed by atoms with Crippen molar-refractivity contribution in [3.8, 4) is 0 Å². The van der Waals surface area contributed by atoms with Crippen LogP contribution in [0.4, 0.5) is 0 Å². The lowest BCUT2D eigenvalue weighted by atomic mass is 10.3. The van der Waals surface area contributed by atoms with Gasteiger partial charge in [0.05, 0.1) is 0 Å². The van der Waals surface area contributed by atoms with Gasteiger partial charge in [-0.1, -0.05) is 6.92 Å². The van der Waals surface area contributed by atoms with Crippen molar-refractivity contribution in [1.29, 1.82) is 0 Å². The Kier molecular flexibility index (Phi) is 2.75. The Morgan fingerprint density at radius 3 is 2.75 bits per heavy atom. The summed E-state index contributed by atoms with van der Waals surface area (Å²) in [4.78, 5) is 23.4. The van der Waals surface area contributed by atoms with Crippen molar-refractivity contribution in [1.82, 2.24) is 10.2 Å². The number of carbonyl (C=O) groups excluding carboxylic acids is 2. The van der Waals surface area contributed by atoms with Crippen LogP contribution in [0.3, 0.4) is 0 Å². The maximum absolute atomic E-state index is 11.2. The lowest BCUT2D eigenvalue weighted by molar-refractivity contribution is -0.134. The summed E-state index contributed by atoms with van der Waals surface area (Å²) in [5, 5.41) is 2.68. The topological polar surface area (TPSA) is 49.4 Å². The van der Waals surface area contributed by atoms with Gasteiger partial charge in [0.2, 0.25) is 11.8 Å². The quantitative estimate of drug-likeness (QED) is 0.489. The highest BCUT2D eigenvalue weighted by Gasteiger charge is 2.26. The van der Waals surface area contributed by atoms with Crippen molar-refractivity contribution < 1.29 is 9.59 Å². The second kappa shape index (κ2) is 3.62. The summed E-state index contributed by atoms with van der Waals surface area (Å²) in [5.74, 6) is -0.511. The number of hydrogen-bond acceptors (Lipinski definition) is 3. The Labute approximate surface area is 75.9 Å². The molecule has 0 atom stereocenters. The molecule has 1 rings (SSSR count). The normalized spacial score (nSPS) is 18.1. The summed E-state index contributed by atoms with van der Waals surface area (Å²) in [6.07, 6.45) is 0.752. The van der Waals surface area contributed by atoms with Crippen LogP contribution in [0.25, 0.3) is 0 Å². The van der Waals surface area contributed by atoms with E-state index in [4.69, 9.17) is 12.2 Å². The van der Waals surface area contributed by atoms with Crippen LogP contribution in [0.1, 0.15) is 19.8 Å². The molecule has 2 amide bonds. The number of carbonyl (C=O) groups is 2. The fourth-order valence-corrected chi connectivity index (χ4v) is 1.33. The summed E-state index contributed by atoms with van der Waals surface area (Å²) in [7, 11) is 0. The number of hydrogen-bond donors (Lipinski definition) is 1. The molecule has 0 aromatic carbocycles. The number of rotatable bonds is 2. The van der Waals surface area contributed by atoms with Crippen molar-refractivity contribution in [3.63, 3.8) is 0 Å². The zero-order valence-electron chi connectivity index (χ0n) is 6.79. The third-order valence-corrected chi connectivity index (χ3v) is 1.87. The molecule has 1 N–H and O–H groups in total. The molecule has 12 heavy (non-hydrogen) atoms. The summed E-state index contributed by atoms with van der Waals surface area (Å²) >= 11 is 4.82. The molecular weight excluding hydrogens is 176 g/mol. The second-order valence-corrected chi connectivity index (χ2v) is 2.96. The SMILES string of the molecule is CCCN1C(=O)CC(=O)NC1=S. The van der Waals surface area contributed by atoms with Crippen LogP contribution >= 0.6 is 12.2 Å². The van der Waals surface area contributed by atoms with E-state index >= 15 is 0 Å². The molecule has 0 saturated carbocycles. The summed E-state index contributed by atoms with van der Waals surface area (Å²) in [5.41, 5.74) is 0. The average Bonchev–Trinajstić information content (AvgIpc) is 1.96. The maximum Gasteiger partial charge on any atom is 0.238 e. The lowest BCUT2D eigenvalue weighted by Gasteiger charge is -2.26. The van der Waals surface area contributed by atoms with Crippen LogP contribution in [0.15, 0.2) is 0 Å². The molecule has 66 valence electrons. The van der Waals surface area contributed by atoms with Gasteiger partial charge in [-0.2, -0.15) is 0 Å². The zero-order chi connectivity index (χ0) is 9.14. The molecular formula is C7H10N2O2S. The maximum atomic E-state index is 11.2. The third kappa shape index (κ3) is 1.79. The molecule has 0 aromatic heterocycles. The Balaban J connectivity index is 2.67. The van der Waals surface area contributed by atoms with E-state index in [1.807, 2.05) is 6.92 Å². The Bertz CT molecular complexity index is 220. The van der Waals surface area contributed by atoms with E-state index in [1.165, 1.54) is 4.90 Å². The van der Waals surface area contributed by atoms with Gasteiger partial charge in [-0.25, -0.2) is 0 Å². The highest BCUT2D eigenvalue weighted by atomic mass is 32.1. The van der Waals surface area contributed by atoms with Crippen LogP contribution in [-0.4, -0.2) is 28.4 Å². The summed E-state index contributed by atoms with van der Waals surface area (Å²) in [6.45, 7) is 2.53. The summed E-state index contributed by atoms with van der Waals surface area (Å²) < 4.78 is 0. The van der Waals surface area contributed by atoms with Crippen molar-refractivity contribution in [3.05, 3.63) is 0 Å². The van der Waals surface area contributed by atoms with Gasteiger partial charge in [0.1, 0.15) is 6.42 Å². The molecule has 0 bridgehead atoms. The fourth-order valence-electron chi connectivity index (χ4n) is 1.03. The van der Waals surface area contributed by atoms with Crippen molar-refractivity contribution >= 4 is 29.1 Å². The standard InChI is InChI=1S/C7H10N2O2S/c1-2-3-9-6(11)4-5(10)8-7(9)12/h2-4H2,1H3,(H,8,10,12). The molecule has 5 heteroatoms. The Hall–Kier alpha value is -0.970. The third-order valence-electron chi connectivity index (χ3n) is 1.55. The first-order valence-electron chi connectivity index (χ1n) is 3.79. The molecule has 1 fully saturated rings. The molecule has 1 aliphatic rings. The minimum Gasteiger partial charge on any atom is -0.302 e. The first-order valence-corrected chi connectivity index (χ1v) is 4.20. The first-order chi connectivity index (χ1) is 5.65. The first kappa shape index (κ1) is 9.12. The van der Waals surface area contributed by atoms with Gasteiger partial charge < -0.3 is 5.32 Å². The van der Waals surface area contributed by atoms with E-state index in [0.717, 1.165) is 6.42 Å². The minimum absolute atomic E-state index is 0.0832. The van der Waals surface area contributed by atoms with E-state index in [9.17, 15) is 9.59 Å². The molecule has 0 aliphatic carbocycles. The average molecular weight is 186 g/mol. The monoisotopic (exact) mass is 186 g/mol. The molecule has 0 spiro atoms. The number of thiocarbonyl (C=S) groups is 1. The second-order valence-electron chi connectivity index (χ2n) is 2.58. The Morgan fingerprint density at radius 1 is 1.58 bits per heavy atom. The zero-order valence-corrected chi connectivity index (χ0v) is 7.61. The molecule has 0 unspecified atom stereocenters.